The van der Waals surface area contributed by atoms with Crippen LogP contribution in [0.5, 0.6) is 0 Å². The minimum Gasteiger partial charge on any atom is -0.355 e. The fourth-order valence-corrected chi connectivity index (χ4v) is 3.56. The maximum atomic E-state index is 13.5. The molecule has 0 aliphatic heterocycles. The number of nitrogens with one attached hydrogen (secondary N) is 1. The fraction of sp³-hybridized carbons (Fsp3) is 0.160. The molecule has 0 unspecified atom stereocenters. The van der Waals surface area contributed by atoms with Crippen molar-refractivity contribution >= 4 is 5.95 Å². The molecule has 0 saturated heterocycles. The molecular formula is C25H24FN5O. The van der Waals surface area contributed by atoms with E-state index in [1.165, 1.54) is 16.7 Å². The van der Waals surface area contributed by atoms with Gasteiger partial charge in [0.1, 0.15) is 5.82 Å². The van der Waals surface area contributed by atoms with Crippen molar-refractivity contribution in [3.63, 3.8) is 0 Å². The Hall–Kier alpha value is -3.84. The Bertz CT molecular complexity index is 1240. The standard InChI is InChI=1S/C25H24FN5O/c1-31-24(32)22(18-7-9-20(26)10-8-18)23(19-11-14-28-15-12-19)30-25(31)29-16-13-21(27)17-5-3-2-4-6-17/h2-12,14-15,21H,13,16,27H2,1H3,(H,29,30)/t21-/m0/s1. The third-order valence-electron chi connectivity index (χ3n) is 5.34. The number of halogens is 1. The number of aromatic nitrogens is 3. The summed E-state index contributed by atoms with van der Waals surface area (Å²) in [5.41, 5.74) is 9.39. The summed E-state index contributed by atoms with van der Waals surface area (Å²) in [5.74, 6) is 0.0740. The Balaban J connectivity index is 1.68. The second-order valence-electron chi connectivity index (χ2n) is 7.50. The second kappa shape index (κ2) is 9.53. The van der Waals surface area contributed by atoms with Crippen LogP contribution >= 0.6 is 0 Å². The van der Waals surface area contributed by atoms with E-state index >= 15 is 0 Å². The lowest BCUT2D eigenvalue weighted by Gasteiger charge is -2.17. The second-order valence-corrected chi connectivity index (χ2v) is 7.50. The zero-order valence-corrected chi connectivity index (χ0v) is 17.7. The van der Waals surface area contributed by atoms with Crippen LogP contribution < -0.4 is 16.6 Å². The highest BCUT2D eigenvalue weighted by Gasteiger charge is 2.18. The van der Waals surface area contributed by atoms with Gasteiger partial charge in [-0.3, -0.25) is 14.3 Å². The zero-order valence-electron chi connectivity index (χ0n) is 17.7. The Labute approximate surface area is 185 Å². The first kappa shape index (κ1) is 21.4. The molecular weight excluding hydrogens is 405 g/mol. The maximum Gasteiger partial charge on any atom is 0.263 e. The van der Waals surface area contributed by atoms with Crippen LogP contribution in [0.1, 0.15) is 18.0 Å². The van der Waals surface area contributed by atoms with Gasteiger partial charge in [0, 0.05) is 37.6 Å². The van der Waals surface area contributed by atoms with Gasteiger partial charge < -0.3 is 11.1 Å². The van der Waals surface area contributed by atoms with Crippen molar-refractivity contribution in [1.82, 2.24) is 14.5 Å². The largest absolute Gasteiger partial charge is 0.355 e. The van der Waals surface area contributed by atoms with E-state index in [4.69, 9.17) is 10.7 Å². The Kier molecular flexibility index (Phi) is 6.37. The lowest BCUT2D eigenvalue weighted by atomic mass is 10.0. The van der Waals surface area contributed by atoms with Gasteiger partial charge in [-0.15, -0.1) is 0 Å². The van der Waals surface area contributed by atoms with Crippen LogP contribution in [0, 0.1) is 5.82 Å². The highest BCUT2D eigenvalue weighted by molar-refractivity contribution is 5.80. The van der Waals surface area contributed by atoms with E-state index in [-0.39, 0.29) is 17.4 Å². The molecule has 0 bridgehead atoms. The smallest absolute Gasteiger partial charge is 0.263 e. The minimum atomic E-state index is -0.364. The van der Waals surface area contributed by atoms with Gasteiger partial charge in [-0.2, -0.15) is 0 Å². The highest BCUT2D eigenvalue weighted by atomic mass is 19.1. The molecule has 2 aromatic carbocycles. The summed E-state index contributed by atoms with van der Waals surface area (Å²) in [7, 11) is 1.66. The van der Waals surface area contributed by atoms with Gasteiger partial charge in [0.25, 0.3) is 5.56 Å². The Morgan fingerprint density at radius 2 is 1.69 bits per heavy atom. The summed E-state index contributed by atoms with van der Waals surface area (Å²) < 4.78 is 14.9. The Morgan fingerprint density at radius 1 is 1.00 bits per heavy atom. The summed E-state index contributed by atoms with van der Waals surface area (Å²) in [6.45, 7) is 0.544. The summed E-state index contributed by atoms with van der Waals surface area (Å²) in [6.07, 6.45) is 3.97. The number of nitrogens with zero attached hydrogens (tertiary/aromatic N) is 3. The number of hydrogen-bond acceptors (Lipinski definition) is 5. The van der Waals surface area contributed by atoms with Crippen LogP contribution in [0.15, 0.2) is 83.9 Å². The molecule has 2 aromatic heterocycles. The number of hydrogen-bond donors (Lipinski definition) is 2. The summed E-state index contributed by atoms with van der Waals surface area (Å²) in [6, 6.07) is 19.2. The third-order valence-corrected chi connectivity index (χ3v) is 5.34. The topological polar surface area (TPSA) is 85.8 Å². The molecule has 1 atom stereocenters. The Morgan fingerprint density at radius 3 is 2.38 bits per heavy atom. The highest BCUT2D eigenvalue weighted by Crippen LogP contribution is 2.28. The SMILES string of the molecule is Cn1c(NCC[C@H](N)c2ccccc2)nc(-c2ccncc2)c(-c2ccc(F)cc2)c1=O. The van der Waals surface area contributed by atoms with E-state index in [9.17, 15) is 9.18 Å². The molecule has 0 aliphatic carbocycles. The number of anilines is 1. The number of benzene rings is 2. The molecule has 162 valence electrons. The van der Waals surface area contributed by atoms with Crippen molar-refractivity contribution in [2.75, 3.05) is 11.9 Å². The molecule has 7 heteroatoms. The molecule has 32 heavy (non-hydrogen) atoms. The average molecular weight is 429 g/mol. The van der Waals surface area contributed by atoms with Crippen LogP contribution in [0.4, 0.5) is 10.3 Å². The lowest BCUT2D eigenvalue weighted by Crippen LogP contribution is -2.26. The first-order valence-electron chi connectivity index (χ1n) is 10.4. The van der Waals surface area contributed by atoms with Crippen molar-refractivity contribution in [2.24, 2.45) is 12.8 Å². The van der Waals surface area contributed by atoms with E-state index in [0.29, 0.717) is 35.7 Å². The molecule has 3 N–H and O–H groups in total. The van der Waals surface area contributed by atoms with E-state index in [1.54, 1.807) is 43.7 Å². The van der Waals surface area contributed by atoms with Crippen molar-refractivity contribution in [1.29, 1.82) is 0 Å². The zero-order chi connectivity index (χ0) is 22.5. The predicted molar refractivity (Wildman–Crippen MR) is 125 cm³/mol. The minimum absolute atomic E-state index is 0.126. The van der Waals surface area contributed by atoms with E-state index in [2.05, 4.69) is 10.3 Å². The number of nitrogens with two attached hydrogens (primary N) is 1. The van der Waals surface area contributed by atoms with Crippen molar-refractivity contribution in [2.45, 2.75) is 12.5 Å². The maximum absolute atomic E-state index is 13.5. The van der Waals surface area contributed by atoms with Gasteiger partial charge in [0.2, 0.25) is 5.95 Å². The van der Waals surface area contributed by atoms with Gasteiger partial charge in [-0.25, -0.2) is 9.37 Å². The molecule has 6 nitrogen and oxygen atoms in total. The normalized spacial score (nSPS) is 11.8. The summed E-state index contributed by atoms with van der Waals surface area (Å²) in [5, 5.41) is 3.25. The van der Waals surface area contributed by atoms with Gasteiger partial charge in [0.05, 0.1) is 11.3 Å². The molecule has 0 saturated carbocycles. The number of rotatable bonds is 7. The van der Waals surface area contributed by atoms with Gasteiger partial charge in [-0.05, 0) is 41.8 Å². The molecule has 2 heterocycles. The van der Waals surface area contributed by atoms with Gasteiger partial charge >= 0.3 is 0 Å². The third kappa shape index (κ3) is 4.58. The molecule has 0 aliphatic rings. The van der Waals surface area contributed by atoms with E-state index in [0.717, 1.165) is 11.1 Å². The van der Waals surface area contributed by atoms with E-state index < -0.39 is 0 Å². The first-order valence-corrected chi connectivity index (χ1v) is 10.4. The fourth-order valence-electron chi connectivity index (χ4n) is 3.56. The molecule has 0 amide bonds. The van der Waals surface area contributed by atoms with E-state index in [1.807, 2.05) is 30.3 Å². The van der Waals surface area contributed by atoms with Gasteiger partial charge in [0.15, 0.2) is 0 Å². The monoisotopic (exact) mass is 429 g/mol. The van der Waals surface area contributed by atoms with Crippen LogP contribution in [0.3, 0.4) is 0 Å². The molecule has 4 rings (SSSR count). The average Bonchev–Trinajstić information content (AvgIpc) is 2.83. The molecule has 0 spiro atoms. The van der Waals surface area contributed by atoms with Crippen molar-refractivity contribution < 1.29 is 4.39 Å². The lowest BCUT2D eigenvalue weighted by molar-refractivity contribution is 0.628. The van der Waals surface area contributed by atoms with Crippen LogP contribution in [0.25, 0.3) is 22.4 Å². The molecule has 0 radical (unpaired) electrons. The van der Waals surface area contributed by atoms with Gasteiger partial charge in [-0.1, -0.05) is 42.5 Å². The molecule has 0 fully saturated rings. The summed E-state index contributed by atoms with van der Waals surface area (Å²) >= 11 is 0. The van der Waals surface area contributed by atoms with Crippen molar-refractivity contribution in [3.8, 4) is 22.4 Å². The molecule has 4 aromatic rings. The van der Waals surface area contributed by atoms with Crippen LogP contribution in [-0.2, 0) is 7.05 Å². The van der Waals surface area contributed by atoms with Crippen LogP contribution in [0.2, 0.25) is 0 Å². The summed E-state index contributed by atoms with van der Waals surface area (Å²) in [4.78, 5) is 22.2. The number of pyridine rings is 1. The first-order chi connectivity index (χ1) is 15.5. The van der Waals surface area contributed by atoms with Crippen molar-refractivity contribution in [3.05, 3.63) is 101 Å². The predicted octanol–water partition coefficient (Wildman–Crippen LogP) is 4.15. The quantitative estimate of drug-likeness (QED) is 0.461. The van der Waals surface area contributed by atoms with Crippen LogP contribution in [-0.4, -0.2) is 21.1 Å².